The summed E-state index contributed by atoms with van der Waals surface area (Å²) in [6.45, 7) is 0. The van der Waals surface area contributed by atoms with Crippen LogP contribution in [0.4, 0.5) is 0 Å². The van der Waals surface area contributed by atoms with Crippen molar-refractivity contribution in [3.05, 3.63) is 53.9 Å². The number of ether oxygens (including phenoxy) is 2. The first kappa shape index (κ1) is 12.1. The van der Waals surface area contributed by atoms with Crippen LogP contribution in [-0.4, -0.2) is 25.0 Å². The molecule has 0 unspecified atom stereocenters. The summed E-state index contributed by atoms with van der Waals surface area (Å²) in [6, 6.07) is 8.65. The van der Waals surface area contributed by atoms with E-state index in [2.05, 4.69) is 4.98 Å². The van der Waals surface area contributed by atoms with Crippen LogP contribution in [0.25, 0.3) is 0 Å². The number of carbonyl (C=O) groups excluding carboxylic acids is 1. The summed E-state index contributed by atoms with van der Waals surface area (Å²) in [7, 11) is 3.08. The monoisotopic (exact) mass is 243 g/mol. The van der Waals surface area contributed by atoms with E-state index in [0.717, 1.165) is 0 Å². The van der Waals surface area contributed by atoms with Gasteiger partial charge in [0.15, 0.2) is 5.78 Å². The Labute approximate surface area is 105 Å². The fourth-order valence-corrected chi connectivity index (χ4v) is 1.65. The lowest BCUT2D eigenvalue weighted by Gasteiger charge is -2.07. The highest BCUT2D eigenvalue weighted by molar-refractivity contribution is 6.10. The maximum absolute atomic E-state index is 12.3. The Kier molecular flexibility index (Phi) is 3.57. The van der Waals surface area contributed by atoms with Crippen LogP contribution in [0.1, 0.15) is 15.9 Å². The van der Waals surface area contributed by atoms with Crippen molar-refractivity contribution in [1.82, 2.24) is 4.98 Å². The molecule has 1 heterocycles. The molecule has 0 aliphatic carbocycles. The van der Waals surface area contributed by atoms with Crippen LogP contribution in [0.15, 0.2) is 42.7 Å². The molecule has 92 valence electrons. The molecule has 18 heavy (non-hydrogen) atoms. The van der Waals surface area contributed by atoms with Crippen LogP contribution in [-0.2, 0) is 0 Å². The standard InChI is InChI=1S/C14H13NO3/c1-17-11-5-3-4-10(8-11)14(16)12-6-7-15-9-13(12)18-2/h3-9H,1-2H3. The number of pyridine rings is 1. The van der Waals surface area contributed by atoms with Gasteiger partial charge < -0.3 is 9.47 Å². The Morgan fingerprint density at radius 3 is 2.72 bits per heavy atom. The molecule has 0 aliphatic rings. The Bertz CT molecular complexity index is 566. The van der Waals surface area contributed by atoms with Gasteiger partial charge in [-0.05, 0) is 18.2 Å². The van der Waals surface area contributed by atoms with Crippen LogP contribution in [0.5, 0.6) is 11.5 Å². The molecule has 0 saturated carbocycles. The smallest absolute Gasteiger partial charge is 0.197 e. The van der Waals surface area contributed by atoms with E-state index in [0.29, 0.717) is 22.6 Å². The molecule has 0 aliphatic heterocycles. The highest BCUT2D eigenvalue weighted by Crippen LogP contribution is 2.22. The van der Waals surface area contributed by atoms with Crippen molar-refractivity contribution in [2.45, 2.75) is 0 Å². The lowest BCUT2D eigenvalue weighted by molar-refractivity contribution is 0.103. The molecule has 0 saturated heterocycles. The predicted octanol–water partition coefficient (Wildman–Crippen LogP) is 2.33. The van der Waals surface area contributed by atoms with E-state index in [1.165, 1.54) is 13.3 Å². The van der Waals surface area contributed by atoms with Crippen molar-refractivity contribution >= 4 is 5.78 Å². The van der Waals surface area contributed by atoms with Crippen molar-refractivity contribution in [3.8, 4) is 11.5 Å². The van der Waals surface area contributed by atoms with Crippen LogP contribution >= 0.6 is 0 Å². The molecule has 4 heteroatoms. The quantitative estimate of drug-likeness (QED) is 0.773. The molecule has 2 rings (SSSR count). The average molecular weight is 243 g/mol. The van der Waals surface area contributed by atoms with E-state index in [-0.39, 0.29) is 5.78 Å². The molecular weight excluding hydrogens is 230 g/mol. The SMILES string of the molecule is COc1cccc(C(=O)c2ccncc2OC)c1. The maximum atomic E-state index is 12.3. The third-order valence-corrected chi connectivity index (χ3v) is 2.58. The molecular formula is C14H13NO3. The fraction of sp³-hybridized carbons (Fsp3) is 0.143. The normalized spacial score (nSPS) is 9.89. The molecule has 2 aromatic rings. The van der Waals surface area contributed by atoms with Gasteiger partial charge in [0.1, 0.15) is 11.5 Å². The van der Waals surface area contributed by atoms with Gasteiger partial charge in [0.2, 0.25) is 0 Å². The van der Waals surface area contributed by atoms with Gasteiger partial charge in [-0.3, -0.25) is 9.78 Å². The molecule has 0 atom stereocenters. The van der Waals surface area contributed by atoms with Crippen molar-refractivity contribution in [1.29, 1.82) is 0 Å². The number of hydrogen-bond donors (Lipinski definition) is 0. The number of nitrogens with zero attached hydrogens (tertiary/aromatic N) is 1. The van der Waals surface area contributed by atoms with Crippen LogP contribution < -0.4 is 9.47 Å². The number of carbonyl (C=O) groups is 1. The summed E-state index contributed by atoms with van der Waals surface area (Å²) in [6.07, 6.45) is 3.09. The molecule has 0 amide bonds. The van der Waals surface area contributed by atoms with E-state index >= 15 is 0 Å². The minimum atomic E-state index is -0.117. The van der Waals surface area contributed by atoms with Crippen molar-refractivity contribution < 1.29 is 14.3 Å². The number of aromatic nitrogens is 1. The highest BCUT2D eigenvalue weighted by atomic mass is 16.5. The molecule has 0 N–H and O–H groups in total. The van der Waals surface area contributed by atoms with Crippen LogP contribution in [0, 0.1) is 0 Å². The number of ketones is 1. The second-order valence-corrected chi connectivity index (χ2v) is 3.64. The van der Waals surface area contributed by atoms with Gasteiger partial charge in [0.25, 0.3) is 0 Å². The average Bonchev–Trinajstić information content (AvgIpc) is 2.46. The van der Waals surface area contributed by atoms with Gasteiger partial charge in [-0.1, -0.05) is 12.1 Å². The number of hydrogen-bond acceptors (Lipinski definition) is 4. The van der Waals surface area contributed by atoms with Crippen molar-refractivity contribution in [2.75, 3.05) is 14.2 Å². The zero-order chi connectivity index (χ0) is 13.0. The minimum absolute atomic E-state index is 0.117. The Balaban J connectivity index is 2.41. The molecule has 0 spiro atoms. The zero-order valence-corrected chi connectivity index (χ0v) is 10.2. The number of benzene rings is 1. The summed E-state index contributed by atoms with van der Waals surface area (Å²) in [5.74, 6) is 0.993. The molecule has 0 bridgehead atoms. The van der Waals surface area contributed by atoms with Gasteiger partial charge in [0, 0.05) is 11.8 Å². The lowest BCUT2D eigenvalue weighted by Crippen LogP contribution is -2.04. The molecule has 1 aromatic heterocycles. The summed E-state index contributed by atoms with van der Waals surface area (Å²) >= 11 is 0. The van der Waals surface area contributed by atoms with E-state index in [1.54, 1.807) is 43.6 Å². The van der Waals surface area contributed by atoms with Gasteiger partial charge in [0.05, 0.1) is 26.0 Å². The van der Waals surface area contributed by atoms with E-state index < -0.39 is 0 Å². The third kappa shape index (κ3) is 2.32. The first-order chi connectivity index (χ1) is 8.76. The van der Waals surface area contributed by atoms with Gasteiger partial charge in [-0.25, -0.2) is 0 Å². The van der Waals surface area contributed by atoms with Gasteiger partial charge >= 0.3 is 0 Å². The number of rotatable bonds is 4. The van der Waals surface area contributed by atoms with E-state index in [9.17, 15) is 4.79 Å². The second kappa shape index (κ2) is 5.31. The van der Waals surface area contributed by atoms with E-state index in [4.69, 9.17) is 9.47 Å². The third-order valence-electron chi connectivity index (χ3n) is 2.58. The molecule has 0 radical (unpaired) electrons. The second-order valence-electron chi connectivity index (χ2n) is 3.64. The van der Waals surface area contributed by atoms with Crippen molar-refractivity contribution in [3.63, 3.8) is 0 Å². The fourth-order valence-electron chi connectivity index (χ4n) is 1.65. The largest absolute Gasteiger partial charge is 0.497 e. The van der Waals surface area contributed by atoms with Crippen molar-refractivity contribution in [2.24, 2.45) is 0 Å². The predicted molar refractivity (Wildman–Crippen MR) is 67.2 cm³/mol. The Hall–Kier alpha value is -2.36. The summed E-state index contributed by atoms with van der Waals surface area (Å²) < 4.78 is 10.2. The summed E-state index contributed by atoms with van der Waals surface area (Å²) in [5, 5.41) is 0. The summed E-state index contributed by atoms with van der Waals surface area (Å²) in [4.78, 5) is 16.3. The summed E-state index contributed by atoms with van der Waals surface area (Å²) in [5.41, 5.74) is 1.04. The van der Waals surface area contributed by atoms with Gasteiger partial charge in [-0.2, -0.15) is 0 Å². The maximum Gasteiger partial charge on any atom is 0.197 e. The first-order valence-electron chi connectivity index (χ1n) is 5.43. The van der Waals surface area contributed by atoms with Gasteiger partial charge in [-0.15, -0.1) is 0 Å². The van der Waals surface area contributed by atoms with Crippen LogP contribution in [0.2, 0.25) is 0 Å². The lowest BCUT2D eigenvalue weighted by atomic mass is 10.0. The van der Waals surface area contributed by atoms with E-state index in [1.807, 2.05) is 0 Å². The molecule has 0 fully saturated rings. The highest BCUT2D eigenvalue weighted by Gasteiger charge is 2.14. The molecule has 1 aromatic carbocycles. The zero-order valence-electron chi connectivity index (χ0n) is 10.2. The number of methoxy groups -OCH3 is 2. The minimum Gasteiger partial charge on any atom is -0.497 e. The van der Waals surface area contributed by atoms with Crippen LogP contribution in [0.3, 0.4) is 0 Å². The Morgan fingerprint density at radius 2 is 2.00 bits per heavy atom. The molecule has 4 nitrogen and oxygen atoms in total. The first-order valence-corrected chi connectivity index (χ1v) is 5.43. The topological polar surface area (TPSA) is 48.4 Å². The Morgan fingerprint density at radius 1 is 1.17 bits per heavy atom.